The molecule has 4 saturated carbocycles. The Morgan fingerprint density at radius 3 is 2.09 bits per heavy atom. The largest absolute Gasteiger partial charge is 0.456 e. The van der Waals surface area contributed by atoms with Crippen LogP contribution in [0, 0.1) is 23.7 Å². The highest BCUT2D eigenvalue weighted by molar-refractivity contribution is 5.78. The number of alkyl halides is 2. The summed E-state index contributed by atoms with van der Waals surface area (Å²) >= 11 is 0. The number of halogens is 2. The van der Waals surface area contributed by atoms with E-state index in [1.165, 1.54) is 6.42 Å². The fraction of sp³-hybridized carbons (Fsp3) is 0.875. The Morgan fingerprint density at radius 1 is 1.09 bits per heavy atom. The Labute approximate surface area is 128 Å². The molecule has 4 rings (SSSR count). The predicted octanol–water partition coefficient (Wildman–Crippen LogP) is 2.94. The quantitative estimate of drug-likeness (QED) is 0.732. The molecule has 4 nitrogen and oxygen atoms in total. The molecule has 22 heavy (non-hydrogen) atoms. The molecule has 4 aliphatic rings. The van der Waals surface area contributed by atoms with Gasteiger partial charge in [-0.3, -0.25) is 0 Å². The Balaban J connectivity index is 1.64. The molecule has 0 aliphatic heterocycles. The van der Waals surface area contributed by atoms with Crippen molar-refractivity contribution in [2.75, 3.05) is 6.61 Å². The lowest BCUT2D eigenvalue weighted by molar-refractivity contribution is -0.214. The third kappa shape index (κ3) is 2.61. The molecule has 124 valence electrons. The Bertz CT molecular complexity index is 435. The van der Waals surface area contributed by atoms with E-state index in [0.717, 1.165) is 43.9 Å². The first-order valence-electron chi connectivity index (χ1n) is 8.11. The zero-order valence-electron chi connectivity index (χ0n) is 12.7. The molecule has 0 aromatic heterocycles. The summed E-state index contributed by atoms with van der Waals surface area (Å²) < 4.78 is 34.2. The molecule has 0 radical (unpaired) electrons. The Morgan fingerprint density at radius 2 is 1.64 bits per heavy atom. The zero-order chi connectivity index (χ0) is 15.9. The highest BCUT2D eigenvalue weighted by Crippen LogP contribution is 2.60. The number of hydrogen-bond donors (Lipinski definition) is 0. The van der Waals surface area contributed by atoms with Gasteiger partial charge in [0.2, 0.25) is 0 Å². The molecule has 0 aromatic rings. The maximum absolute atomic E-state index is 12.1. The lowest BCUT2D eigenvalue weighted by Crippen LogP contribution is -2.59. The summed E-state index contributed by atoms with van der Waals surface area (Å²) in [5.41, 5.74) is -0.484. The van der Waals surface area contributed by atoms with Crippen LogP contribution in [0.15, 0.2) is 0 Å². The van der Waals surface area contributed by atoms with Gasteiger partial charge in [0.1, 0.15) is 5.60 Å². The lowest BCUT2D eigenvalue weighted by Gasteiger charge is -2.60. The van der Waals surface area contributed by atoms with E-state index in [9.17, 15) is 18.4 Å². The van der Waals surface area contributed by atoms with Crippen LogP contribution < -0.4 is 0 Å². The van der Waals surface area contributed by atoms with Crippen LogP contribution in [0.3, 0.4) is 0 Å². The van der Waals surface area contributed by atoms with Gasteiger partial charge in [-0.25, -0.2) is 9.59 Å². The van der Waals surface area contributed by atoms with Gasteiger partial charge in [-0.2, -0.15) is 8.78 Å². The van der Waals surface area contributed by atoms with Crippen LogP contribution in [0.25, 0.3) is 0 Å². The van der Waals surface area contributed by atoms with Gasteiger partial charge in [0.15, 0.2) is 6.61 Å². The average Bonchev–Trinajstić information content (AvgIpc) is 2.47. The van der Waals surface area contributed by atoms with Gasteiger partial charge < -0.3 is 9.47 Å². The van der Waals surface area contributed by atoms with Crippen molar-refractivity contribution in [3.63, 3.8) is 0 Å². The third-order valence-electron chi connectivity index (χ3n) is 5.89. The van der Waals surface area contributed by atoms with E-state index in [-0.39, 0.29) is 0 Å². The minimum atomic E-state index is -3.21. The van der Waals surface area contributed by atoms with Crippen molar-refractivity contribution in [2.24, 2.45) is 23.7 Å². The zero-order valence-corrected chi connectivity index (χ0v) is 12.7. The highest BCUT2D eigenvalue weighted by Gasteiger charge is 2.58. The molecule has 0 unspecified atom stereocenters. The van der Waals surface area contributed by atoms with Crippen molar-refractivity contribution in [1.82, 2.24) is 0 Å². The number of esters is 2. The SMILES string of the molecule is CCC1(OC(=O)COC(=O)C(F)F)C2CC3CC(C2)CC1C3. The molecule has 0 amide bonds. The van der Waals surface area contributed by atoms with Crippen molar-refractivity contribution < 1.29 is 27.8 Å². The number of carbonyl (C=O) groups excluding carboxylic acids is 2. The second-order valence-electron chi connectivity index (χ2n) is 7.00. The summed E-state index contributed by atoms with van der Waals surface area (Å²) in [6, 6.07) is 0. The standard InChI is InChI=1S/C16H22F2O4/c1-2-16(22-13(19)8-21-15(20)14(17)18)11-4-9-3-10(6-11)7-12(16)5-9/h9-12,14H,2-8H2,1H3. The summed E-state index contributed by atoms with van der Waals surface area (Å²) in [7, 11) is 0. The average molecular weight is 316 g/mol. The van der Waals surface area contributed by atoms with E-state index in [0.29, 0.717) is 11.8 Å². The van der Waals surface area contributed by atoms with E-state index < -0.39 is 30.6 Å². The molecule has 0 N–H and O–H groups in total. The Kier molecular flexibility index (Phi) is 4.12. The minimum absolute atomic E-state index is 0.364. The molecule has 4 fully saturated rings. The fourth-order valence-electron chi connectivity index (χ4n) is 5.23. The summed E-state index contributed by atoms with van der Waals surface area (Å²) in [5.74, 6) is -0.155. The predicted molar refractivity (Wildman–Crippen MR) is 73.1 cm³/mol. The number of carbonyl (C=O) groups is 2. The highest BCUT2D eigenvalue weighted by atomic mass is 19.3. The van der Waals surface area contributed by atoms with Crippen LogP contribution in [-0.2, 0) is 19.1 Å². The second-order valence-corrected chi connectivity index (χ2v) is 7.00. The molecular weight excluding hydrogens is 294 g/mol. The van der Waals surface area contributed by atoms with Crippen molar-refractivity contribution in [3.8, 4) is 0 Å². The van der Waals surface area contributed by atoms with Crippen LogP contribution in [-0.4, -0.2) is 30.6 Å². The number of hydrogen-bond acceptors (Lipinski definition) is 4. The lowest BCUT2D eigenvalue weighted by atomic mass is 9.49. The van der Waals surface area contributed by atoms with E-state index >= 15 is 0 Å². The molecule has 4 aliphatic carbocycles. The maximum Gasteiger partial charge on any atom is 0.374 e. The molecule has 6 heteroatoms. The molecule has 0 saturated heterocycles. The topological polar surface area (TPSA) is 52.6 Å². The third-order valence-corrected chi connectivity index (χ3v) is 5.89. The van der Waals surface area contributed by atoms with Gasteiger partial charge in [0.05, 0.1) is 0 Å². The van der Waals surface area contributed by atoms with Gasteiger partial charge >= 0.3 is 18.4 Å². The molecule has 0 heterocycles. The fourth-order valence-corrected chi connectivity index (χ4v) is 5.23. The summed E-state index contributed by atoms with van der Waals surface area (Å²) in [4.78, 5) is 22.7. The van der Waals surface area contributed by atoms with Gasteiger partial charge in [-0.1, -0.05) is 6.92 Å². The van der Waals surface area contributed by atoms with Gasteiger partial charge in [0.25, 0.3) is 0 Å². The van der Waals surface area contributed by atoms with E-state index in [1.54, 1.807) is 0 Å². The molecule has 0 spiro atoms. The molecule has 0 aromatic carbocycles. The Hall–Kier alpha value is -1.20. The first kappa shape index (κ1) is 15.7. The van der Waals surface area contributed by atoms with Crippen LogP contribution in [0.2, 0.25) is 0 Å². The van der Waals surface area contributed by atoms with Crippen molar-refractivity contribution in [3.05, 3.63) is 0 Å². The smallest absolute Gasteiger partial charge is 0.374 e. The van der Waals surface area contributed by atoms with Gasteiger partial charge in [-0.05, 0) is 62.2 Å². The van der Waals surface area contributed by atoms with E-state index in [2.05, 4.69) is 4.74 Å². The van der Waals surface area contributed by atoms with Crippen LogP contribution in [0.4, 0.5) is 8.78 Å². The second kappa shape index (κ2) is 5.78. The molecular formula is C16H22F2O4. The summed E-state index contributed by atoms with van der Waals surface area (Å²) in [5, 5.41) is 0. The summed E-state index contributed by atoms with van der Waals surface area (Å²) in [6.45, 7) is 1.29. The van der Waals surface area contributed by atoms with Crippen LogP contribution in [0.5, 0.6) is 0 Å². The summed E-state index contributed by atoms with van der Waals surface area (Å²) in [6.07, 6.45) is 3.17. The maximum atomic E-state index is 12.1. The van der Waals surface area contributed by atoms with Gasteiger partial charge in [-0.15, -0.1) is 0 Å². The van der Waals surface area contributed by atoms with Crippen molar-refractivity contribution >= 4 is 11.9 Å². The minimum Gasteiger partial charge on any atom is -0.456 e. The normalized spacial score (nSPS) is 39.1. The van der Waals surface area contributed by atoms with Crippen LogP contribution in [0.1, 0.15) is 45.4 Å². The van der Waals surface area contributed by atoms with Crippen molar-refractivity contribution in [2.45, 2.75) is 57.5 Å². The first-order valence-corrected chi connectivity index (χ1v) is 8.11. The number of rotatable bonds is 5. The molecule has 4 bridgehead atoms. The van der Waals surface area contributed by atoms with E-state index in [4.69, 9.17) is 4.74 Å². The first-order chi connectivity index (χ1) is 10.4. The number of ether oxygens (including phenoxy) is 2. The molecule has 0 atom stereocenters. The monoisotopic (exact) mass is 316 g/mol. The van der Waals surface area contributed by atoms with Gasteiger partial charge in [0, 0.05) is 0 Å². The van der Waals surface area contributed by atoms with Crippen molar-refractivity contribution in [1.29, 1.82) is 0 Å². The van der Waals surface area contributed by atoms with E-state index in [1.807, 2.05) is 6.92 Å². The van der Waals surface area contributed by atoms with Crippen LogP contribution >= 0.6 is 0 Å².